The summed E-state index contributed by atoms with van der Waals surface area (Å²) in [6.07, 6.45) is 0.534. The van der Waals surface area contributed by atoms with Crippen LogP contribution >= 0.6 is 0 Å². The summed E-state index contributed by atoms with van der Waals surface area (Å²) in [6, 6.07) is 4.65. The quantitative estimate of drug-likeness (QED) is 0.830. The van der Waals surface area contributed by atoms with Crippen LogP contribution in [-0.2, 0) is 0 Å². The number of hydrogen-bond donors (Lipinski definition) is 2. The largest absolute Gasteiger partial charge is 0.422 e. The van der Waals surface area contributed by atoms with Crippen LogP contribution in [0.2, 0.25) is 0 Å². The number of halogens is 1. The molecule has 0 fully saturated rings. The number of fused-ring (bicyclic) bond motifs is 1. The van der Waals surface area contributed by atoms with Gasteiger partial charge in [0.15, 0.2) is 0 Å². The van der Waals surface area contributed by atoms with Crippen LogP contribution in [0.25, 0.3) is 11.0 Å². The van der Waals surface area contributed by atoms with Gasteiger partial charge in [0.2, 0.25) is 0 Å². The van der Waals surface area contributed by atoms with Crippen molar-refractivity contribution in [1.29, 1.82) is 0 Å². The summed E-state index contributed by atoms with van der Waals surface area (Å²) < 4.78 is 17.9. The summed E-state index contributed by atoms with van der Waals surface area (Å²) in [7, 11) is 0. The van der Waals surface area contributed by atoms with Crippen LogP contribution in [0, 0.1) is 5.82 Å². The van der Waals surface area contributed by atoms with Gasteiger partial charge in [-0.25, -0.2) is 9.18 Å². The first-order chi connectivity index (χ1) is 9.55. The average molecular weight is 279 g/mol. The molecule has 5 nitrogen and oxygen atoms in total. The van der Waals surface area contributed by atoms with Gasteiger partial charge in [-0.15, -0.1) is 0 Å². The highest BCUT2D eigenvalue weighted by molar-refractivity contribution is 5.96. The molecule has 0 spiro atoms. The van der Waals surface area contributed by atoms with Gasteiger partial charge in [0.05, 0.1) is 12.6 Å². The second kappa shape index (κ2) is 5.83. The van der Waals surface area contributed by atoms with Gasteiger partial charge in [-0.1, -0.05) is 6.92 Å². The van der Waals surface area contributed by atoms with Crippen LogP contribution < -0.4 is 10.9 Å². The lowest BCUT2D eigenvalue weighted by Gasteiger charge is -2.13. The van der Waals surface area contributed by atoms with Crippen molar-refractivity contribution < 1.29 is 18.7 Å². The van der Waals surface area contributed by atoms with E-state index in [-0.39, 0.29) is 17.8 Å². The van der Waals surface area contributed by atoms with E-state index in [0.29, 0.717) is 11.8 Å². The van der Waals surface area contributed by atoms with E-state index in [9.17, 15) is 14.0 Å². The number of rotatable bonds is 4. The van der Waals surface area contributed by atoms with E-state index in [1.807, 2.05) is 0 Å². The third kappa shape index (κ3) is 2.85. The maximum atomic E-state index is 13.0. The first kappa shape index (κ1) is 14.2. The molecule has 20 heavy (non-hydrogen) atoms. The Kier molecular flexibility index (Phi) is 4.14. The molecular weight excluding hydrogens is 265 g/mol. The fraction of sp³-hybridized carbons (Fsp3) is 0.286. The van der Waals surface area contributed by atoms with Crippen molar-refractivity contribution in [3.8, 4) is 0 Å². The van der Waals surface area contributed by atoms with Crippen molar-refractivity contribution in [2.24, 2.45) is 0 Å². The molecule has 2 N–H and O–H groups in total. The Morgan fingerprint density at radius 2 is 2.20 bits per heavy atom. The summed E-state index contributed by atoms with van der Waals surface area (Å²) in [6.45, 7) is 1.58. The Morgan fingerprint density at radius 3 is 2.85 bits per heavy atom. The van der Waals surface area contributed by atoms with Gasteiger partial charge in [-0.3, -0.25) is 4.79 Å². The average Bonchev–Trinajstić information content (AvgIpc) is 2.43. The number of aliphatic hydroxyl groups excluding tert-OH is 1. The fourth-order valence-electron chi connectivity index (χ4n) is 1.78. The Bertz CT molecular complexity index is 691. The molecule has 1 unspecified atom stereocenters. The lowest BCUT2D eigenvalue weighted by Crippen LogP contribution is -2.38. The van der Waals surface area contributed by atoms with Crippen LogP contribution in [-0.4, -0.2) is 23.7 Å². The highest BCUT2D eigenvalue weighted by Crippen LogP contribution is 2.15. The molecule has 0 radical (unpaired) electrons. The molecule has 6 heteroatoms. The zero-order valence-corrected chi connectivity index (χ0v) is 10.9. The summed E-state index contributed by atoms with van der Waals surface area (Å²) >= 11 is 0. The normalized spacial score (nSPS) is 12.3. The van der Waals surface area contributed by atoms with Crippen LogP contribution in [0.15, 0.2) is 33.5 Å². The highest BCUT2D eigenvalue weighted by atomic mass is 19.1. The maximum absolute atomic E-state index is 13.0. The topological polar surface area (TPSA) is 79.5 Å². The van der Waals surface area contributed by atoms with E-state index in [2.05, 4.69) is 5.32 Å². The van der Waals surface area contributed by atoms with Crippen molar-refractivity contribution in [2.45, 2.75) is 19.4 Å². The molecule has 1 aromatic heterocycles. The third-order valence-electron chi connectivity index (χ3n) is 2.99. The van der Waals surface area contributed by atoms with E-state index in [0.717, 1.165) is 6.07 Å². The minimum atomic E-state index is -0.839. The lowest BCUT2D eigenvalue weighted by atomic mass is 10.1. The molecular formula is C14H14FNO4. The first-order valence-corrected chi connectivity index (χ1v) is 6.20. The number of hydrogen-bond acceptors (Lipinski definition) is 4. The predicted molar refractivity (Wildman–Crippen MR) is 71.1 cm³/mol. The molecule has 2 rings (SSSR count). The maximum Gasteiger partial charge on any atom is 0.349 e. The molecule has 0 aliphatic heterocycles. The SMILES string of the molecule is CCC(CO)NC(=O)c1cc2ccc(F)cc2oc1=O. The monoisotopic (exact) mass is 279 g/mol. The fourth-order valence-corrected chi connectivity index (χ4v) is 1.78. The number of aliphatic hydroxyl groups is 1. The zero-order chi connectivity index (χ0) is 14.7. The molecule has 106 valence electrons. The lowest BCUT2D eigenvalue weighted by molar-refractivity contribution is 0.0911. The van der Waals surface area contributed by atoms with Crippen molar-refractivity contribution in [2.75, 3.05) is 6.61 Å². The van der Waals surface area contributed by atoms with E-state index in [1.54, 1.807) is 6.92 Å². The minimum Gasteiger partial charge on any atom is -0.422 e. The molecule has 2 aromatic rings. The molecule has 0 saturated heterocycles. The van der Waals surface area contributed by atoms with Gasteiger partial charge in [-0.2, -0.15) is 0 Å². The Morgan fingerprint density at radius 1 is 1.45 bits per heavy atom. The van der Waals surface area contributed by atoms with E-state index >= 15 is 0 Å². The molecule has 0 bridgehead atoms. The minimum absolute atomic E-state index is 0.0840. The van der Waals surface area contributed by atoms with Gasteiger partial charge >= 0.3 is 5.63 Å². The highest BCUT2D eigenvalue weighted by Gasteiger charge is 2.16. The smallest absolute Gasteiger partial charge is 0.349 e. The Hall–Kier alpha value is -2.21. The number of amides is 1. The number of carbonyl (C=O) groups excluding carboxylic acids is 1. The molecule has 1 aromatic carbocycles. The van der Waals surface area contributed by atoms with Crippen molar-refractivity contribution in [3.63, 3.8) is 0 Å². The van der Waals surface area contributed by atoms with Gasteiger partial charge in [-0.05, 0) is 24.6 Å². The van der Waals surface area contributed by atoms with Crippen LogP contribution in [0.1, 0.15) is 23.7 Å². The Labute approximate surface area is 114 Å². The van der Waals surface area contributed by atoms with E-state index in [4.69, 9.17) is 9.52 Å². The second-order valence-corrected chi connectivity index (χ2v) is 4.39. The molecule has 1 amide bonds. The first-order valence-electron chi connectivity index (χ1n) is 6.20. The third-order valence-corrected chi connectivity index (χ3v) is 2.99. The van der Waals surface area contributed by atoms with Crippen LogP contribution in [0.4, 0.5) is 4.39 Å². The Balaban J connectivity index is 2.39. The number of nitrogens with one attached hydrogen (secondary N) is 1. The summed E-state index contributed by atoms with van der Waals surface area (Å²) in [5.74, 6) is -1.14. The van der Waals surface area contributed by atoms with Crippen molar-refractivity contribution in [1.82, 2.24) is 5.32 Å². The molecule has 1 heterocycles. The van der Waals surface area contributed by atoms with E-state index in [1.165, 1.54) is 18.2 Å². The van der Waals surface area contributed by atoms with Crippen LogP contribution in [0.3, 0.4) is 0 Å². The van der Waals surface area contributed by atoms with Gasteiger partial charge < -0.3 is 14.8 Å². The molecule has 0 saturated carbocycles. The standard InChI is InChI=1S/C14H14FNO4/c1-2-10(7-17)16-13(18)11-5-8-3-4-9(15)6-12(8)20-14(11)19/h3-6,10,17H,2,7H2,1H3,(H,16,18). The van der Waals surface area contributed by atoms with Gasteiger partial charge in [0.25, 0.3) is 5.91 Å². The molecule has 0 aliphatic rings. The number of carbonyl (C=O) groups is 1. The van der Waals surface area contributed by atoms with Crippen molar-refractivity contribution in [3.05, 3.63) is 46.1 Å². The predicted octanol–water partition coefficient (Wildman–Crippen LogP) is 1.43. The molecule has 1 atom stereocenters. The number of benzene rings is 1. The van der Waals surface area contributed by atoms with E-state index < -0.39 is 23.4 Å². The van der Waals surface area contributed by atoms with Crippen molar-refractivity contribution >= 4 is 16.9 Å². The second-order valence-electron chi connectivity index (χ2n) is 4.39. The molecule has 0 aliphatic carbocycles. The zero-order valence-electron chi connectivity index (χ0n) is 10.9. The van der Waals surface area contributed by atoms with Gasteiger partial charge in [0.1, 0.15) is 17.0 Å². The summed E-state index contributed by atoms with van der Waals surface area (Å²) in [4.78, 5) is 23.7. The summed E-state index contributed by atoms with van der Waals surface area (Å²) in [5, 5.41) is 12.0. The summed E-state index contributed by atoms with van der Waals surface area (Å²) in [5.41, 5.74) is -0.926. The van der Waals surface area contributed by atoms with Gasteiger partial charge in [0, 0.05) is 11.5 Å². The van der Waals surface area contributed by atoms with Crippen LogP contribution in [0.5, 0.6) is 0 Å².